The fourth-order valence-corrected chi connectivity index (χ4v) is 1.00. The lowest BCUT2D eigenvalue weighted by Crippen LogP contribution is -1.97. The van der Waals surface area contributed by atoms with Gasteiger partial charge in [0, 0.05) is 5.56 Å². The van der Waals surface area contributed by atoms with Gasteiger partial charge >= 0.3 is 5.97 Å². The van der Waals surface area contributed by atoms with Crippen LogP contribution in [0.1, 0.15) is 22.3 Å². The summed E-state index contributed by atoms with van der Waals surface area (Å²) in [5.41, 5.74) is 0.428. The van der Waals surface area contributed by atoms with Crippen LogP contribution >= 0.6 is 0 Å². The van der Waals surface area contributed by atoms with Crippen molar-refractivity contribution in [2.75, 3.05) is 7.11 Å². The van der Waals surface area contributed by atoms with Crippen LogP contribution in [-0.2, 0) is 9.53 Å². The molecule has 0 heterocycles. The van der Waals surface area contributed by atoms with Gasteiger partial charge in [-0.1, -0.05) is 11.8 Å². The summed E-state index contributed by atoms with van der Waals surface area (Å²) in [5, 5.41) is 0. The Bertz CT molecular complexity index is 469. The molecule has 3 nitrogen and oxygen atoms in total. The minimum Gasteiger partial charge on any atom is -0.468 e. The van der Waals surface area contributed by atoms with E-state index in [9.17, 15) is 14.0 Å². The molecule has 0 N–H and O–H groups in total. The Labute approximate surface area is 92.2 Å². The van der Waals surface area contributed by atoms with Crippen LogP contribution in [-0.4, -0.2) is 19.4 Å². The molecule has 1 aromatic rings. The molecule has 0 fully saturated rings. The van der Waals surface area contributed by atoms with Gasteiger partial charge in [-0.3, -0.25) is 9.59 Å². The van der Waals surface area contributed by atoms with Crippen molar-refractivity contribution in [3.8, 4) is 11.8 Å². The number of esters is 1. The second-order valence-corrected chi connectivity index (χ2v) is 2.91. The van der Waals surface area contributed by atoms with E-state index in [2.05, 4.69) is 16.6 Å². The second kappa shape index (κ2) is 5.66. The summed E-state index contributed by atoms with van der Waals surface area (Å²) in [6, 6.07) is 3.92. The molecule has 0 atom stereocenters. The van der Waals surface area contributed by atoms with Crippen LogP contribution in [0.3, 0.4) is 0 Å². The molecule has 0 aliphatic heterocycles. The first-order valence-corrected chi connectivity index (χ1v) is 4.47. The maximum Gasteiger partial charge on any atom is 0.317 e. The molecule has 0 amide bonds. The first-order valence-electron chi connectivity index (χ1n) is 4.47. The zero-order valence-electron chi connectivity index (χ0n) is 8.62. The zero-order chi connectivity index (χ0) is 12.0. The lowest BCUT2D eigenvalue weighted by atomic mass is 10.1. The molecular formula is C12H9FO3. The summed E-state index contributed by atoms with van der Waals surface area (Å²) in [7, 11) is 1.27. The smallest absolute Gasteiger partial charge is 0.317 e. The van der Waals surface area contributed by atoms with Crippen LogP contribution in [0.15, 0.2) is 18.2 Å². The highest BCUT2D eigenvalue weighted by atomic mass is 19.1. The van der Waals surface area contributed by atoms with Crippen molar-refractivity contribution >= 4 is 12.3 Å². The number of ether oxygens (including phenoxy) is 1. The van der Waals surface area contributed by atoms with Gasteiger partial charge < -0.3 is 4.74 Å². The van der Waals surface area contributed by atoms with Crippen LogP contribution in [0.25, 0.3) is 0 Å². The highest BCUT2D eigenvalue weighted by Crippen LogP contribution is 2.07. The van der Waals surface area contributed by atoms with Gasteiger partial charge in [0.15, 0.2) is 6.29 Å². The van der Waals surface area contributed by atoms with Gasteiger partial charge in [0.05, 0.1) is 12.7 Å². The minimum absolute atomic E-state index is 0.0374. The lowest BCUT2D eigenvalue weighted by molar-refractivity contribution is -0.139. The first-order chi connectivity index (χ1) is 7.67. The van der Waals surface area contributed by atoms with E-state index in [1.165, 1.54) is 19.2 Å². The third-order valence-corrected chi connectivity index (χ3v) is 1.82. The first kappa shape index (κ1) is 11.9. The van der Waals surface area contributed by atoms with Crippen LogP contribution in [0, 0.1) is 17.7 Å². The summed E-state index contributed by atoms with van der Waals surface area (Å²) in [6.45, 7) is 0. The molecule has 0 saturated heterocycles. The number of halogens is 1. The third-order valence-electron chi connectivity index (χ3n) is 1.82. The molecule has 82 valence electrons. The van der Waals surface area contributed by atoms with Crippen molar-refractivity contribution < 1.29 is 18.7 Å². The number of hydrogen-bond donors (Lipinski definition) is 0. The largest absolute Gasteiger partial charge is 0.468 e. The molecule has 0 unspecified atom stereocenters. The van der Waals surface area contributed by atoms with Gasteiger partial charge in [-0.25, -0.2) is 4.39 Å². The Morgan fingerprint density at radius 2 is 2.31 bits per heavy atom. The van der Waals surface area contributed by atoms with Crippen molar-refractivity contribution in [2.24, 2.45) is 0 Å². The van der Waals surface area contributed by atoms with Crippen LogP contribution in [0.2, 0.25) is 0 Å². The fraction of sp³-hybridized carbons (Fsp3) is 0.167. The van der Waals surface area contributed by atoms with E-state index in [4.69, 9.17) is 0 Å². The van der Waals surface area contributed by atoms with Crippen molar-refractivity contribution in [2.45, 2.75) is 6.42 Å². The van der Waals surface area contributed by atoms with E-state index in [0.717, 1.165) is 6.07 Å². The highest BCUT2D eigenvalue weighted by molar-refractivity contribution is 5.76. The van der Waals surface area contributed by atoms with Crippen molar-refractivity contribution in [1.82, 2.24) is 0 Å². The number of benzene rings is 1. The molecule has 0 bridgehead atoms. The van der Waals surface area contributed by atoms with E-state index in [0.29, 0.717) is 11.8 Å². The Morgan fingerprint density at radius 1 is 1.56 bits per heavy atom. The zero-order valence-corrected chi connectivity index (χ0v) is 8.62. The fourth-order valence-electron chi connectivity index (χ4n) is 1.00. The van der Waals surface area contributed by atoms with Gasteiger partial charge in [0.2, 0.25) is 0 Å². The highest BCUT2D eigenvalue weighted by Gasteiger charge is 2.00. The number of carbonyl (C=O) groups excluding carboxylic acids is 2. The van der Waals surface area contributed by atoms with Crippen LogP contribution < -0.4 is 0 Å². The molecule has 0 aromatic heterocycles. The molecule has 0 aliphatic rings. The number of hydrogen-bond acceptors (Lipinski definition) is 3. The van der Waals surface area contributed by atoms with Crippen molar-refractivity contribution in [3.05, 3.63) is 35.1 Å². The van der Waals surface area contributed by atoms with Crippen molar-refractivity contribution in [3.63, 3.8) is 0 Å². The summed E-state index contributed by atoms with van der Waals surface area (Å²) in [5.74, 6) is 4.17. The summed E-state index contributed by atoms with van der Waals surface area (Å²) in [6.07, 6.45) is 0.380. The number of methoxy groups -OCH3 is 1. The van der Waals surface area contributed by atoms with Crippen molar-refractivity contribution in [1.29, 1.82) is 0 Å². The van der Waals surface area contributed by atoms with Gasteiger partial charge in [-0.2, -0.15) is 0 Å². The van der Waals surface area contributed by atoms with E-state index in [1.807, 2.05) is 0 Å². The molecule has 0 spiro atoms. The standard InChI is InChI=1S/C12H9FO3/c1-16-12(15)4-2-3-9-5-6-11(13)10(7-9)8-14/h5-8H,4H2,1H3. The summed E-state index contributed by atoms with van der Waals surface area (Å²) in [4.78, 5) is 21.2. The number of rotatable bonds is 2. The van der Waals surface area contributed by atoms with Gasteiger partial charge in [-0.05, 0) is 18.2 Å². The van der Waals surface area contributed by atoms with Crippen LogP contribution in [0.5, 0.6) is 0 Å². The SMILES string of the molecule is COC(=O)CC#Cc1ccc(F)c(C=O)c1. The topological polar surface area (TPSA) is 43.4 Å². The predicted octanol–water partition coefficient (Wildman–Crippen LogP) is 1.55. The normalized spacial score (nSPS) is 8.88. The molecule has 0 radical (unpaired) electrons. The maximum atomic E-state index is 12.9. The summed E-state index contributed by atoms with van der Waals surface area (Å²) < 4.78 is 17.3. The lowest BCUT2D eigenvalue weighted by Gasteiger charge is -1.95. The average molecular weight is 220 g/mol. The van der Waals surface area contributed by atoms with Gasteiger partial charge in [0.1, 0.15) is 12.2 Å². The van der Waals surface area contributed by atoms with Gasteiger partial charge in [-0.15, -0.1) is 0 Å². The third kappa shape index (κ3) is 3.21. The van der Waals surface area contributed by atoms with E-state index >= 15 is 0 Å². The van der Waals surface area contributed by atoms with E-state index in [-0.39, 0.29) is 12.0 Å². The summed E-state index contributed by atoms with van der Waals surface area (Å²) >= 11 is 0. The van der Waals surface area contributed by atoms with E-state index < -0.39 is 11.8 Å². The molecule has 1 rings (SSSR count). The van der Waals surface area contributed by atoms with Crippen LogP contribution in [0.4, 0.5) is 4.39 Å². The van der Waals surface area contributed by atoms with E-state index in [1.54, 1.807) is 0 Å². The Hall–Kier alpha value is -2.15. The Kier molecular flexibility index (Phi) is 4.22. The Balaban J connectivity index is 2.81. The molecule has 16 heavy (non-hydrogen) atoms. The average Bonchev–Trinajstić information content (AvgIpc) is 2.31. The molecular weight excluding hydrogens is 211 g/mol. The quantitative estimate of drug-likeness (QED) is 0.431. The minimum atomic E-state index is -0.589. The molecule has 0 aliphatic carbocycles. The number of carbonyl (C=O) groups is 2. The number of aldehydes is 1. The Morgan fingerprint density at radius 3 is 2.94 bits per heavy atom. The second-order valence-electron chi connectivity index (χ2n) is 2.91. The van der Waals surface area contributed by atoms with Gasteiger partial charge in [0.25, 0.3) is 0 Å². The molecule has 4 heteroatoms. The predicted molar refractivity (Wildman–Crippen MR) is 55.3 cm³/mol. The molecule has 0 saturated carbocycles. The monoisotopic (exact) mass is 220 g/mol. The molecule has 1 aromatic carbocycles. The maximum absolute atomic E-state index is 12.9.